The van der Waals surface area contributed by atoms with E-state index in [1.54, 1.807) is 56.0 Å². The molecule has 7 heteroatoms. The van der Waals surface area contributed by atoms with E-state index >= 15 is 0 Å². The number of hydrogen-bond donors (Lipinski definition) is 2. The molecule has 1 aliphatic rings. The Hall–Kier alpha value is -4.00. The molecule has 30 heavy (non-hydrogen) atoms. The summed E-state index contributed by atoms with van der Waals surface area (Å²) >= 11 is 0. The Morgan fingerprint density at radius 1 is 1.23 bits per heavy atom. The average molecular weight is 400 g/mol. The Kier molecular flexibility index (Phi) is 5.26. The summed E-state index contributed by atoms with van der Waals surface area (Å²) in [5.41, 5.74) is 4.07. The lowest BCUT2D eigenvalue weighted by molar-refractivity contribution is -0.115. The van der Waals surface area contributed by atoms with Gasteiger partial charge in [-0.2, -0.15) is 0 Å². The number of fused-ring (bicyclic) bond motifs is 1. The van der Waals surface area contributed by atoms with E-state index in [-0.39, 0.29) is 17.6 Å². The van der Waals surface area contributed by atoms with Gasteiger partial charge in [0, 0.05) is 38.0 Å². The van der Waals surface area contributed by atoms with Crippen LogP contribution in [-0.2, 0) is 17.8 Å². The molecule has 0 fully saturated rings. The first kappa shape index (κ1) is 19.3. The molecule has 0 atom stereocenters. The second-order valence-electron chi connectivity index (χ2n) is 7.04. The van der Waals surface area contributed by atoms with Crippen molar-refractivity contribution in [3.05, 3.63) is 89.0 Å². The minimum absolute atomic E-state index is 0.137. The molecule has 0 saturated carbocycles. The molecular weight excluding hydrogens is 380 g/mol. The molecule has 0 aliphatic carbocycles. The van der Waals surface area contributed by atoms with Crippen LogP contribution in [0.4, 0.5) is 5.69 Å². The van der Waals surface area contributed by atoms with E-state index < -0.39 is 0 Å². The van der Waals surface area contributed by atoms with E-state index in [1.165, 1.54) is 4.90 Å². The first-order valence-corrected chi connectivity index (χ1v) is 9.45. The highest BCUT2D eigenvalue weighted by Gasteiger charge is 2.27. The van der Waals surface area contributed by atoms with Crippen LogP contribution in [0, 0.1) is 0 Å². The van der Waals surface area contributed by atoms with Gasteiger partial charge in [-0.3, -0.25) is 14.6 Å². The van der Waals surface area contributed by atoms with Crippen LogP contribution in [0.15, 0.2) is 66.6 Å². The number of carbonyl (C=O) groups excluding carboxylic acids is 2. The van der Waals surface area contributed by atoms with Crippen molar-refractivity contribution in [2.45, 2.75) is 13.0 Å². The van der Waals surface area contributed by atoms with Gasteiger partial charge in [0.2, 0.25) is 0 Å². The van der Waals surface area contributed by atoms with E-state index in [0.717, 1.165) is 16.7 Å². The maximum absolute atomic E-state index is 12.7. The van der Waals surface area contributed by atoms with Crippen molar-refractivity contribution >= 4 is 23.6 Å². The number of phenolic OH excluding ortho intramolecular Hbond substituents is 1. The van der Waals surface area contributed by atoms with Crippen LogP contribution in [0.2, 0.25) is 0 Å². The maximum Gasteiger partial charge on any atom is 0.270 e. The number of pyridine rings is 2. The zero-order valence-corrected chi connectivity index (χ0v) is 16.4. The van der Waals surface area contributed by atoms with Crippen LogP contribution < -0.4 is 10.2 Å². The summed E-state index contributed by atoms with van der Waals surface area (Å²) in [6.07, 6.45) is 7.03. The molecule has 1 aliphatic heterocycles. The van der Waals surface area contributed by atoms with Gasteiger partial charge < -0.3 is 15.3 Å². The van der Waals surface area contributed by atoms with Crippen LogP contribution in [0.5, 0.6) is 5.75 Å². The highest BCUT2D eigenvalue weighted by molar-refractivity contribution is 6.11. The van der Waals surface area contributed by atoms with Gasteiger partial charge in [0.15, 0.2) is 0 Å². The molecule has 0 spiro atoms. The van der Waals surface area contributed by atoms with E-state index in [1.807, 2.05) is 18.2 Å². The fourth-order valence-electron chi connectivity index (χ4n) is 3.37. The molecule has 3 heterocycles. The number of rotatable bonds is 4. The molecule has 0 saturated heterocycles. The van der Waals surface area contributed by atoms with Crippen molar-refractivity contribution in [2.24, 2.45) is 0 Å². The minimum atomic E-state index is -0.285. The molecule has 1 aromatic carbocycles. The predicted octanol–water partition coefficient (Wildman–Crippen LogP) is 2.71. The first-order chi connectivity index (χ1) is 14.5. The van der Waals surface area contributed by atoms with Gasteiger partial charge in [0.1, 0.15) is 11.4 Å². The van der Waals surface area contributed by atoms with Crippen molar-refractivity contribution in [1.82, 2.24) is 15.3 Å². The monoisotopic (exact) mass is 400 g/mol. The number of benzene rings is 1. The molecule has 2 aromatic heterocycles. The third-order valence-corrected chi connectivity index (χ3v) is 4.93. The molecule has 4 rings (SSSR count). The van der Waals surface area contributed by atoms with Crippen molar-refractivity contribution < 1.29 is 14.7 Å². The molecule has 3 aromatic rings. The lowest BCUT2D eigenvalue weighted by Gasteiger charge is -2.27. The fourth-order valence-corrected chi connectivity index (χ4v) is 3.37. The van der Waals surface area contributed by atoms with Gasteiger partial charge in [0.05, 0.1) is 11.9 Å². The number of aromatic hydroxyl groups is 1. The summed E-state index contributed by atoms with van der Waals surface area (Å²) in [5, 5.41) is 12.5. The summed E-state index contributed by atoms with van der Waals surface area (Å²) < 4.78 is 0. The van der Waals surface area contributed by atoms with Crippen molar-refractivity contribution in [2.75, 3.05) is 11.9 Å². The quantitative estimate of drug-likeness (QED) is 0.657. The van der Waals surface area contributed by atoms with Crippen LogP contribution >= 0.6 is 0 Å². The van der Waals surface area contributed by atoms with E-state index in [2.05, 4.69) is 15.3 Å². The summed E-state index contributed by atoms with van der Waals surface area (Å²) in [6, 6.07) is 12.1. The van der Waals surface area contributed by atoms with Crippen molar-refractivity contribution in [3.63, 3.8) is 0 Å². The summed E-state index contributed by atoms with van der Waals surface area (Å²) in [4.78, 5) is 35.0. The Bertz CT molecular complexity index is 1140. The number of anilines is 1. The lowest BCUT2D eigenvalue weighted by atomic mass is 9.95. The summed E-state index contributed by atoms with van der Waals surface area (Å²) in [5.74, 6) is -0.283. The standard InChI is InChI=1S/C23H20N4O3/c1-27-21-14-25-20(22(29)26-13-15-5-7-24-8-6-15)12-17(21)11-18(23(27)30)9-16-3-2-4-19(28)10-16/h2-10,12,14,28H,11,13H2,1H3,(H,26,29)/b18-9+. The highest BCUT2D eigenvalue weighted by Crippen LogP contribution is 2.30. The van der Waals surface area contributed by atoms with Gasteiger partial charge >= 0.3 is 0 Å². The zero-order valence-electron chi connectivity index (χ0n) is 16.4. The topological polar surface area (TPSA) is 95.4 Å². The Morgan fingerprint density at radius 2 is 2.03 bits per heavy atom. The van der Waals surface area contributed by atoms with E-state index in [0.29, 0.717) is 29.9 Å². The largest absolute Gasteiger partial charge is 0.508 e. The smallest absolute Gasteiger partial charge is 0.270 e. The molecule has 150 valence electrons. The number of nitrogens with zero attached hydrogens (tertiary/aromatic N) is 3. The summed E-state index contributed by atoms with van der Waals surface area (Å²) in [7, 11) is 1.68. The molecule has 7 nitrogen and oxygen atoms in total. The number of nitrogens with one attached hydrogen (secondary N) is 1. The van der Waals surface area contributed by atoms with Gasteiger partial charge in [-0.1, -0.05) is 12.1 Å². The number of amides is 2. The predicted molar refractivity (Wildman–Crippen MR) is 113 cm³/mol. The number of likely N-dealkylation sites (N-methyl/N-ethyl adjacent to an activating group) is 1. The minimum Gasteiger partial charge on any atom is -0.508 e. The Labute approximate surface area is 173 Å². The Balaban J connectivity index is 1.57. The molecular formula is C23H20N4O3. The molecule has 0 bridgehead atoms. The van der Waals surface area contributed by atoms with Crippen LogP contribution in [0.25, 0.3) is 6.08 Å². The summed E-state index contributed by atoms with van der Waals surface area (Å²) in [6.45, 7) is 0.376. The number of aromatic nitrogens is 2. The fraction of sp³-hybridized carbons (Fsp3) is 0.130. The zero-order chi connectivity index (χ0) is 21.1. The highest BCUT2D eigenvalue weighted by atomic mass is 16.3. The van der Waals surface area contributed by atoms with E-state index in [4.69, 9.17) is 0 Å². The third-order valence-electron chi connectivity index (χ3n) is 4.93. The molecule has 2 amide bonds. The Morgan fingerprint density at radius 3 is 2.80 bits per heavy atom. The van der Waals surface area contributed by atoms with Crippen molar-refractivity contribution in [3.8, 4) is 5.75 Å². The molecule has 0 unspecified atom stereocenters. The SMILES string of the molecule is CN1C(=O)/C(=C/c2cccc(O)c2)Cc2cc(C(=O)NCc3ccncc3)ncc21. The average Bonchev–Trinajstić information content (AvgIpc) is 2.76. The second-order valence-corrected chi connectivity index (χ2v) is 7.04. The third kappa shape index (κ3) is 4.05. The normalized spacial score (nSPS) is 14.5. The number of hydrogen-bond acceptors (Lipinski definition) is 5. The van der Waals surface area contributed by atoms with Crippen LogP contribution in [0.1, 0.15) is 27.2 Å². The van der Waals surface area contributed by atoms with Gasteiger partial charge in [-0.25, -0.2) is 4.98 Å². The molecule has 2 N–H and O–H groups in total. The number of phenols is 1. The number of carbonyl (C=O) groups is 2. The van der Waals surface area contributed by atoms with Crippen molar-refractivity contribution in [1.29, 1.82) is 0 Å². The lowest BCUT2D eigenvalue weighted by Crippen LogP contribution is -2.34. The van der Waals surface area contributed by atoms with E-state index in [9.17, 15) is 14.7 Å². The maximum atomic E-state index is 12.7. The second kappa shape index (κ2) is 8.16. The van der Waals surface area contributed by atoms with Gasteiger partial charge in [0.25, 0.3) is 11.8 Å². The van der Waals surface area contributed by atoms with Gasteiger partial charge in [-0.05, 0) is 53.1 Å². The first-order valence-electron chi connectivity index (χ1n) is 9.45. The van der Waals surface area contributed by atoms with Crippen LogP contribution in [-0.4, -0.2) is 33.9 Å². The van der Waals surface area contributed by atoms with Gasteiger partial charge in [-0.15, -0.1) is 0 Å². The molecule has 0 radical (unpaired) electrons. The van der Waals surface area contributed by atoms with Crippen LogP contribution in [0.3, 0.4) is 0 Å².